The molecule has 0 radical (unpaired) electrons. The third-order valence-electron chi connectivity index (χ3n) is 9.21. The van der Waals surface area contributed by atoms with E-state index in [2.05, 4.69) is 85.8 Å². The van der Waals surface area contributed by atoms with Crippen molar-refractivity contribution >= 4 is 54.6 Å². The Bertz CT molecular complexity index is 2120. The molecule has 0 unspecified atom stereocenters. The van der Waals surface area contributed by atoms with Crippen molar-refractivity contribution in [2.45, 2.75) is 91.3 Å². The van der Waals surface area contributed by atoms with Crippen LogP contribution in [0.4, 0.5) is 11.6 Å². The predicted molar refractivity (Wildman–Crippen MR) is 231 cm³/mol. The Morgan fingerprint density at radius 2 is 1.22 bits per heavy atom. The lowest BCUT2D eigenvalue weighted by Gasteiger charge is -2.17. The van der Waals surface area contributed by atoms with Gasteiger partial charge in [-0.2, -0.15) is 37.0 Å². The van der Waals surface area contributed by atoms with Crippen molar-refractivity contribution in [2.75, 3.05) is 11.5 Å². The van der Waals surface area contributed by atoms with Crippen molar-refractivity contribution in [3.8, 4) is 17.4 Å². The molecule has 292 valence electrons. The Hall–Kier alpha value is -4.60. The second kappa shape index (κ2) is 19.3. The van der Waals surface area contributed by atoms with Crippen LogP contribution in [0.2, 0.25) is 0 Å². The minimum absolute atomic E-state index is 0. The van der Waals surface area contributed by atoms with Crippen molar-refractivity contribution in [3.63, 3.8) is 0 Å². The summed E-state index contributed by atoms with van der Waals surface area (Å²) >= 11 is 3.41. The summed E-state index contributed by atoms with van der Waals surface area (Å²) in [6.45, 7) is 11.3. The summed E-state index contributed by atoms with van der Waals surface area (Å²) in [4.78, 5) is 28.4. The van der Waals surface area contributed by atoms with Gasteiger partial charge in [-0.3, -0.25) is 0 Å². The van der Waals surface area contributed by atoms with Crippen LogP contribution in [0.15, 0.2) is 78.1 Å². The fourth-order valence-corrected chi connectivity index (χ4v) is 5.82. The zero-order valence-electron chi connectivity index (χ0n) is 32.0. The fourth-order valence-electron chi connectivity index (χ4n) is 5.55. The number of rotatable bonds is 9. The first-order chi connectivity index (χ1) is 25.4. The normalized spacial score (nSPS) is 14.1. The van der Waals surface area contributed by atoms with Gasteiger partial charge in [0.2, 0.25) is 11.8 Å². The van der Waals surface area contributed by atoms with Gasteiger partial charge in [-0.1, -0.05) is 40.2 Å². The molecule has 0 bridgehead atoms. The minimum Gasteiger partial charge on any atom is -0.469 e. The number of hydrogen-bond donors (Lipinski definition) is 3. The number of imidazole rings is 2. The largest absolute Gasteiger partial charge is 0.469 e. The summed E-state index contributed by atoms with van der Waals surface area (Å²) in [5, 5.41) is 0. The smallest absolute Gasteiger partial charge is 0.222 e. The number of nitrogens with one attached hydrogen (secondary N) is 1. The quantitative estimate of drug-likeness (QED) is 0.128. The molecule has 4 aromatic heterocycles. The zero-order chi connectivity index (χ0) is 37.6. The third-order valence-corrected chi connectivity index (χ3v) is 9.74. The van der Waals surface area contributed by atoms with Crippen molar-refractivity contribution < 1.29 is 9.47 Å². The molecule has 0 amide bonds. The molecule has 0 saturated heterocycles. The topological polar surface area (TPSA) is 169 Å². The molecule has 6 aromatic rings. The van der Waals surface area contributed by atoms with Crippen LogP contribution in [0.3, 0.4) is 0 Å². The number of nitrogens with zero attached hydrogens (tertiary/aromatic N) is 7. The van der Waals surface area contributed by atoms with E-state index in [4.69, 9.17) is 20.9 Å². The Morgan fingerprint density at radius 3 is 1.67 bits per heavy atom. The molecule has 2 fully saturated rings. The first-order valence-electron chi connectivity index (χ1n) is 17.9. The molecule has 2 aliphatic carbocycles. The van der Waals surface area contributed by atoms with E-state index in [1.165, 1.54) is 37.1 Å². The maximum atomic E-state index is 6.03. The molecular weight excluding hydrogens is 797 g/mol. The van der Waals surface area contributed by atoms with Crippen molar-refractivity contribution in [3.05, 3.63) is 123 Å². The van der Waals surface area contributed by atoms with Crippen LogP contribution < -0.4 is 20.9 Å². The van der Waals surface area contributed by atoms with Gasteiger partial charge in [-0.15, -0.1) is 0 Å². The molecule has 2 saturated carbocycles. The van der Waals surface area contributed by atoms with Gasteiger partial charge in [-0.25, -0.2) is 19.9 Å². The number of halogens is 1. The summed E-state index contributed by atoms with van der Waals surface area (Å²) in [7, 11) is 0. The van der Waals surface area contributed by atoms with Crippen LogP contribution in [0, 0.1) is 27.7 Å². The van der Waals surface area contributed by atoms with E-state index in [0.29, 0.717) is 41.0 Å². The summed E-state index contributed by atoms with van der Waals surface area (Å²) in [6.07, 6.45) is 12.7. The molecule has 2 atom stereocenters. The number of nitrogen functional groups attached to an aromatic ring is 2. The highest BCUT2D eigenvalue weighted by Gasteiger charge is 2.26. The molecular formula is C40H51BrN10O2S2. The van der Waals surface area contributed by atoms with E-state index in [0.717, 1.165) is 38.3 Å². The van der Waals surface area contributed by atoms with Crippen LogP contribution in [-0.4, -0.2) is 39.5 Å². The molecule has 4 heterocycles. The predicted octanol–water partition coefficient (Wildman–Crippen LogP) is 8.97. The van der Waals surface area contributed by atoms with Gasteiger partial charge < -0.3 is 30.5 Å². The van der Waals surface area contributed by atoms with Gasteiger partial charge >= 0.3 is 0 Å². The summed E-state index contributed by atoms with van der Waals surface area (Å²) in [6, 6.07) is 16.3. The van der Waals surface area contributed by atoms with E-state index in [9.17, 15) is 0 Å². The maximum Gasteiger partial charge on any atom is 0.222 e. The number of H-pyrrole nitrogens is 1. The first kappa shape index (κ1) is 43.1. The second-order valence-corrected chi connectivity index (χ2v) is 14.5. The standard InChI is InChI=1S/C20H23N5O.C14H16BrN3O.C6H8N2.2H2S/c1-12-19(21)23-14(3)24-20(12)26-13(2)15-6-8-17(9-7-15)25-10-18(22-11-25)16-4-5-16;1-8-13(16)17-10(3)18-14(8)19-9(2)11-4-6-12(15)7-5-11;1-2-5(1)6-3-7-4-8-6;;/h6-11,13,16H,4-5H2,1-3H3,(H2,21,23,24);4-7,9H,1-3H3,(H2,16,17,18);3-5H,1-2H2,(H,7,8);2*1H2/t13-;9-;;;/m00.../s1. The SMILES string of the molecule is Cc1nc(N)c(C)c(O[C@@H](C)c2ccc(-n3cnc(C4CC4)c3)cc2)n1.Cc1nc(N)c(C)c(O[C@@H](C)c2ccc(Br)cc2)n1.S.S.c1ncc(C2CC2)[nH]1. The van der Waals surface area contributed by atoms with Crippen LogP contribution in [-0.2, 0) is 0 Å². The van der Waals surface area contributed by atoms with Gasteiger partial charge in [-0.05, 0) is 103 Å². The molecule has 2 aromatic carbocycles. The Labute approximate surface area is 345 Å². The summed E-state index contributed by atoms with van der Waals surface area (Å²) < 4.78 is 15.0. The van der Waals surface area contributed by atoms with Gasteiger partial charge in [0.05, 0.1) is 29.5 Å². The highest BCUT2D eigenvalue weighted by molar-refractivity contribution is 9.10. The molecule has 5 N–H and O–H groups in total. The summed E-state index contributed by atoms with van der Waals surface area (Å²) in [5.41, 5.74) is 19.0. The van der Waals surface area contributed by atoms with Crippen molar-refractivity contribution in [2.24, 2.45) is 0 Å². The molecule has 0 aliphatic heterocycles. The first-order valence-corrected chi connectivity index (χ1v) is 18.7. The molecule has 55 heavy (non-hydrogen) atoms. The number of ether oxygens (including phenoxy) is 2. The number of aromatic amines is 1. The van der Waals surface area contributed by atoms with E-state index in [-0.39, 0.29) is 39.2 Å². The van der Waals surface area contributed by atoms with Crippen LogP contribution in [0.1, 0.15) is 109 Å². The number of hydrogen-bond acceptors (Lipinski definition) is 10. The van der Waals surface area contributed by atoms with Gasteiger partial charge in [0.1, 0.15) is 35.5 Å². The Kier molecular flexibility index (Phi) is 15.1. The van der Waals surface area contributed by atoms with Gasteiger partial charge in [0.15, 0.2) is 0 Å². The lowest BCUT2D eigenvalue weighted by atomic mass is 10.1. The van der Waals surface area contributed by atoms with E-state index in [1.807, 2.05) is 71.4 Å². The van der Waals surface area contributed by atoms with Crippen LogP contribution in [0.5, 0.6) is 11.8 Å². The molecule has 0 spiro atoms. The highest BCUT2D eigenvalue weighted by Crippen LogP contribution is 2.39. The Balaban J connectivity index is 0.000000203. The van der Waals surface area contributed by atoms with E-state index in [1.54, 1.807) is 13.3 Å². The van der Waals surface area contributed by atoms with Crippen molar-refractivity contribution in [1.82, 2.24) is 39.5 Å². The van der Waals surface area contributed by atoms with Crippen LogP contribution >= 0.6 is 42.9 Å². The minimum atomic E-state index is -0.138. The molecule has 15 heteroatoms. The number of nitrogens with two attached hydrogens (primary N) is 2. The van der Waals surface area contributed by atoms with Gasteiger partial charge in [0.25, 0.3) is 0 Å². The lowest BCUT2D eigenvalue weighted by Crippen LogP contribution is -2.09. The average Bonchev–Trinajstić information content (AvgIpc) is 4.07. The molecule has 12 nitrogen and oxygen atoms in total. The maximum absolute atomic E-state index is 6.03. The summed E-state index contributed by atoms with van der Waals surface area (Å²) in [5.74, 6) is 4.70. The van der Waals surface area contributed by atoms with Crippen LogP contribution in [0.25, 0.3) is 5.69 Å². The van der Waals surface area contributed by atoms with E-state index >= 15 is 0 Å². The van der Waals surface area contributed by atoms with Gasteiger partial charge in [0, 0.05) is 40.1 Å². The fraction of sp³-hybridized carbons (Fsp3) is 0.350. The number of benzene rings is 2. The van der Waals surface area contributed by atoms with Crippen molar-refractivity contribution in [1.29, 1.82) is 0 Å². The zero-order valence-corrected chi connectivity index (χ0v) is 35.6. The highest BCUT2D eigenvalue weighted by atomic mass is 79.9. The number of aryl methyl sites for hydroxylation is 2. The lowest BCUT2D eigenvalue weighted by molar-refractivity contribution is 0.215. The third kappa shape index (κ3) is 11.7. The number of anilines is 2. The second-order valence-electron chi connectivity index (χ2n) is 13.6. The van der Waals surface area contributed by atoms with E-state index < -0.39 is 0 Å². The molecule has 8 rings (SSSR count). The number of aromatic nitrogens is 8. The monoisotopic (exact) mass is 846 g/mol. The Morgan fingerprint density at radius 1 is 0.727 bits per heavy atom. The molecule has 2 aliphatic rings. The average molecular weight is 848 g/mol.